The Labute approximate surface area is 265 Å². The van der Waals surface area contributed by atoms with Gasteiger partial charge in [0.1, 0.15) is 0 Å². The van der Waals surface area contributed by atoms with Gasteiger partial charge in [-0.05, 0) is 104 Å². The van der Waals surface area contributed by atoms with E-state index in [-0.39, 0.29) is 36.1 Å². The van der Waals surface area contributed by atoms with E-state index in [4.69, 9.17) is 0 Å². The van der Waals surface area contributed by atoms with Crippen LogP contribution in [0.4, 0.5) is 11.4 Å². The predicted molar refractivity (Wildman–Crippen MR) is 183 cm³/mol. The molecule has 2 amide bonds. The van der Waals surface area contributed by atoms with Crippen molar-refractivity contribution in [3.63, 3.8) is 0 Å². The lowest BCUT2D eigenvalue weighted by atomic mass is 10.0. The lowest BCUT2D eigenvalue weighted by molar-refractivity contribution is -0.117. The fourth-order valence-electron chi connectivity index (χ4n) is 4.65. The summed E-state index contributed by atoms with van der Waals surface area (Å²) in [5.74, 6) is 0.561. The molecule has 4 aromatic heterocycles. The molecular formula is C34H33ClN4O2S2. The second-order valence-corrected chi connectivity index (χ2v) is 11.9. The van der Waals surface area contributed by atoms with Crippen molar-refractivity contribution >= 4 is 79.8 Å². The number of pyridine rings is 2. The minimum Gasteiger partial charge on any atom is -0.326 e. The van der Waals surface area contributed by atoms with Gasteiger partial charge in [-0.2, -0.15) is 22.7 Å². The Morgan fingerprint density at radius 2 is 1.09 bits per heavy atom. The van der Waals surface area contributed by atoms with Crippen LogP contribution in [0.3, 0.4) is 0 Å². The molecule has 9 heteroatoms. The van der Waals surface area contributed by atoms with Crippen molar-refractivity contribution in [2.45, 2.75) is 38.5 Å². The molecule has 4 heterocycles. The summed E-state index contributed by atoms with van der Waals surface area (Å²) < 4.78 is 0. The van der Waals surface area contributed by atoms with Crippen LogP contribution in [0.2, 0.25) is 0 Å². The summed E-state index contributed by atoms with van der Waals surface area (Å²) in [6, 6.07) is 19.8. The molecule has 2 unspecified atom stereocenters. The van der Waals surface area contributed by atoms with E-state index in [0.29, 0.717) is 12.8 Å². The number of nitrogens with one attached hydrogen (secondary N) is 2. The Bertz CT molecular complexity index is 1640. The van der Waals surface area contributed by atoms with Crippen LogP contribution in [0, 0.1) is 0 Å². The zero-order valence-corrected chi connectivity index (χ0v) is 26.3. The van der Waals surface area contributed by atoms with Crippen LogP contribution in [-0.4, -0.2) is 21.8 Å². The molecule has 2 aromatic carbocycles. The quantitative estimate of drug-likeness (QED) is 0.176. The lowest BCUT2D eigenvalue weighted by Crippen LogP contribution is -2.14. The van der Waals surface area contributed by atoms with E-state index in [1.807, 2.05) is 71.7 Å². The third kappa shape index (κ3) is 8.94. The van der Waals surface area contributed by atoms with Crippen LogP contribution in [0.25, 0.3) is 21.5 Å². The first-order chi connectivity index (χ1) is 20.4. The van der Waals surface area contributed by atoms with E-state index in [9.17, 15) is 9.59 Å². The van der Waals surface area contributed by atoms with Gasteiger partial charge in [0.25, 0.3) is 0 Å². The largest absolute Gasteiger partial charge is 0.326 e. The number of hydrogen-bond donors (Lipinski definition) is 2. The summed E-state index contributed by atoms with van der Waals surface area (Å²) in [6.07, 6.45) is 8.13. The smallest absolute Gasteiger partial charge is 0.224 e. The Kier molecular flexibility index (Phi) is 11.4. The van der Waals surface area contributed by atoms with Gasteiger partial charge in [0.05, 0.1) is 0 Å². The molecule has 2 atom stereocenters. The van der Waals surface area contributed by atoms with Crippen LogP contribution in [0.15, 0.2) is 107 Å². The number of hydrogen-bond acceptors (Lipinski definition) is 6. The first-order valence-corrected chi connectivity index (χ1v) is 15.6. The highest BCUT2D eigenvalue weighted by molar-refractivity contribution is 7.08. The summed E-state index contributed by atoms with van der Waals surface area (Å²) >= 11 is 3.33. The van der Waals surface area contributed by atoms with Crippen LogP contribution >= 0.6 is 35.1 Å². The molecular weight excluding hydrogens is 596 g/mol. The number of thiophene rings is 2. The Hall–Kier alpha value is -4.11. The van der Waals surface area contributed by atoms with Gasteiger partial charge in [0, 0.05) is 59.8 Å². The molecule has 43 heavy (non-hydrogen) atoms. The van der Waals surface area contributed by atoms with E-state index < -0.39 is 0 Å². The Morgan fingerprint density at radius 3 is 1.49 bits per heavy atom. The van der Waals surface area contributed by atoms with Crippen molar-refractivity contribution in [2.75, 3.05) is 10.6 Å². The SMILES string of the molecule is CC(CC(=O)Nc1ccc2cnccc2c1)c1ccsc1.CC(CC(=O)Nc1ccc2cnccc2c1)c1ccsc1.Cl. The van der Waals surface area contributed by atoms with Crippen molar-refractivity contribution in [1.29, 1.82) is 0 Å². The summed E-state index contributed by atoms with van der Waals surface area (Å²) in [5.41, 5.74) is 4.10. The number of aromatic nitrogens is 2. The van der Waals surface area contributed by atoms with Gasteiger partial charge in [-0.25, -0.2) is 0 Å². The van der Waals surface area contributed by atoms with Gasteiger partial charge in [0.15, 0.2) is 0 Å². The third-order valence-electron chi connectivity index (χ3n) is 7.06. The molecule has 0 aliphatic carbocycles. The molecule has 0 saturated heterocycles. The van der Waals surface area contributed by atoms with Gasteiger partial charge in [-0.3, -0.25) is 19.6 Å². The molecule has 6 nitrogen and oxygen atoms in total. The Morgan fingerprint density at radius 1 is 0.651 bits per heavy atom. The number of benzene rings is 2. The average molecular weight is 629 g/mol. The van der Waals surface area contributed by atoms with Gasteiger partial charge in [-0.15, -0.1) is 12.4 Å². The number of fused-ring (bicyclic) bond motifs is 2. The highest BCUT2D eigenvalue weighted by atomic mass is 35.5. The van der Waals surface area contributed by atoms with E-state index in [2.05, 4.69) is 57.3 Å². The average Bonchev–Trinajstić information content (AvgIpc) is 3.73. The van der Waals surface area contributed by atoms with E-state index in [1.165, 1.54) is 11.1 Å². The zero-order chi connectivity index (χ0) is 29.3. The fraction of sp³-hybridized carbons (Fsp3) is 0.176. The lowest BCUT2D eigenvalue weighted by Gasteiger charge is -2.11. The highest BCUT2D eigenvalue weighted by Gasteiger charge is 2.13. The molecule has 0 fully saturated rings. The maximum Gasteiger partial charge on any atom is 0.224 e. The van der Waals surface area contributed by atoms with Crippen molar-refractivity contribution in [3.8, 4) is 0 Å². The third-order valence-corrected chi connectivity index (χ3v) is 8.46. The normalized spacial score (nSPS) is 12.0. The summed E-state index contributed by atoms with van der Waals surface area (Å²) in [4.78, 5) is 32.4. The second-order valence-electron chi connectivity index (χ2n) is 10.3. The predicted octanol–water partition coefficient (Wildman–Crippen LogP) is 9.28. The van der Waals surface area contributed by atoms with Gasteiger partial charge >= 0.3 is 0 Å². The first-order valence-electron chi connectivity index (χ1n) is 13.8. The molecule has 0 bridgehead atoms. The molecule has 0 saturated carbocycles. The summed E-state index contributed by atoms with van der Waals surface area (Å²) in [6.45, 7) is 4.15. The number of amides is 2. The number of nitrogens with zero attached hydrogens (tertiary/aromatic N) is 2. The topological polar surface area (TPSA) is 84.0 Å². The van der Waals surface area contributed by atoms with Crippen molar-refractivity contribution in [3.05, 3.63) is 118 Å². The standard InChI is InChI=1S/2C17H16N2OS.ClH/c2*1-12(15-5-7-21-11-15)8-17(20)19-16-3-2-14-10-18-6-4-13(14)9-16;/h2*2-7,9-12H,8H2,1H3,(H,19,20);1H. The zero-order valence-electron chi connectivity index (χ0n) is 23.9. The minimum atomic E-state index is 0. The van der Waals surface area contributed by atoms with Gasteiger partial charge < -0.3 is 10.6 Å². The number of anilines is 2. The molecule has 2 N–H and O–H groups in total. The molecule has 220 valence electrons. The van der Waals surface area contributed by atoms with Gasteiger partial charge in [0.2, 0.25) is 11.8 Å². The molecule has 6 aromatic rings. The second kappa shape index (κ2) is 15.4. The number of rotatable bonds is 8. The molecule has 0 radical (unpaired) electrons. The number of carbonyl (C=O) groups excluding carboxylic acids is 2. The summed E-state index contributed by atoms with van der Waals surface area (Å²) in [5, 5.41) is 18.5. The van der Waals surface area contributed by atoms with Crippen LogP contribution in [-0.2, 0) is 9.59 Å². The number of halogens is 1. The molecule has 0 aliphatic heterocycles. The molecule has 0 aliphatic rings. The Balaban J connectivity index is 0.000000192. The van der Waals surface area contributed by atoms with E-state index >= 15 is 0 Å². The van der Waals surface area contributed by atoms with Crippen LogP contribution in [0.1, 0.15) is 49.7 Å². The van der Waals surface area contributed by atoms with E-state index in [0.717, 1.165) is 32.9 Å². The monoisotopic (exact) mass is 628 g/mol. The van der Waals surface area contributed by atoms with Crippen molar-refractivity contribution in [1.82, 2.24) is 9.97 Å². The molecule has 6 rings (SSSR count). The van der Waals surface area contributed by atoms with Crippen LogP contribution in [0.5, 0.6) is 0 Å². The van der Waals surface area contributed by atoms with Gasteiger partial charge in [-0.1, -0.05) is 26.0 Å². The van der Waals surface area contributed by atoms with E-state index in [1.54, 1.807) is 35.1 Å². The first kappa shape index (κ1) is 31.8. The summed E-state index contributed by atoms with van der Waals surface area (Å²) in [7, 11) is 0. The number of carbonyl (C=O) groups is 2. The van der Waals surface area contributed by atoms with Crippen molar-refractivity contribution < 1.29 is 9.59 Å². The maximum atomic E-state index is 12.1. The molecule has 0 spiro atoms. The fourth-order valence-corrected chi connectivity index (χ4v) is 6.21. The van der Waals surface area contributed by atoms with Crippen molar-refractivity contribution in [2.24, 2.45) is 0 Å². The highest BCUT2D eigenvalue weighted by Crippen LogP contribution is 2.24. The minimum absolute atomic E-state index is 0. The maximum absolute atomic E-state index is 12.1. The van der Waals surface area contributed by atoms with Crippen LogP contribution < -0.4 is 10.6 Å².